The van der Waals surface area contributed by atoms with Crippen LogP contribution in [0.2, 0.25) is 0 Å². The highest BCUT2D eigenvalue weighted by molar-refractivity contribution is 7.89. The summed E-state index contributed by atoms with van der Waals surface area (Å²) in [6, 6.07) is 12.2. The Morgan fingerprint density at radius 1 is 1.33 bits per heavy atom. The molecule has 0 atom stereocenters. The number of rotatable bonds is 6. The zero-order chi connectivity index (χ0) is 19.0. The van der Waals surface area contributed by atoms with Gasteiger partial charge in [0.15, 0.2) is 0 Å². The second kappa shape index (κ2) is 6.68. The molecule has 1 aromatic heterocycles. The zero-order valence-corrected chi connectivity index (χ0v) is 15.5. The minimum absolute atomic E-state index is 0.164. The van der Waals surface area contributed by atoms with Crippen LogP contribution in [-0.4, -0.2) is 32.3 Å². The molecule has 2 aromatic carbocycles. The van der Waals surface area contributed by atoms with Crippen LogP contribution in [0.4, 0.5) is 0 Å². The maximum Gasteiger partial charge on any atom is 0.240 e. The largest absolute Gasteiger partial charge is 0.492 e. The van der Waals surface area contributed by atoms with Crippen LogP contribution in [0.3, 0.4) is 0 Å². The third kappa shape index (κ3) is 3.39. The number of fused-ring (bicyclic) bond motifs is 1. The van der Waals surface area contributed by atoms with E-state index in [1.807, 2.05) is 0 Å². The molecule has 1 saturated carbocycles. The third-order valence-corrected chi connectivity index (χ3v) is 6.05. The lowest BCUT2D eigenvalue weighted by molar-refractivity contribution is 0.299. The molecule has 1 heterocycles. The lowest BCUT2D eigenvalue weighted by atomic mass is 10.1. The molecular weight excluding hydrogens is 364 g/mol. The van der Waals surface area contributed by atoms with Gasteiger partial charge in [0.1, 0.15) is 17.5 Å². The average molecular weight is 382 g/mol. The second-order valence-electron chi connectivity index (χ2n) is 6.57. The van der Waals surface area contributed by atoms with Gasteiger partial charge in [-0.15, -0.1) is 0 Å². The van der Waals surface area contributed by atoms with E-state index >= 15 is 0 Å². The molecule has 7 nitrogen and oxygen atoms in total. The number of nitrogens with zero attached hydrogens (tertiary/aromatic N) is 2. The molecule has 0 saturated heterocycles. The molecule has 0 radical (unpaired) electrons. The number of hydrogen-bond acceptors (Lipinski definition) is 5. The van der Waals surface area contributed by atoms with Crippen LogP contribution in [0, 0.1) is 17.2 Å². The number of aromatic nitrogens is 2. The van der Waals surface area contributed by atoms with E-state index in [0.29, 0.717) is 40.6 Å². The number of aromatic amines is 1. The smallest absolute Gasteiger partial charge is 0.240 e. The van der Waals surface area contributed by atoms with Gasteiger partial charge in [-0.25, -0.2) is 13.1 Å². The van der Waals surface area contributed by atoms with E-state index in [9.17, 15) is 13.7 Å². The molecule has 1 fully saturated rings. The van der Waals surface area contributed by atoms with Crippen molar-refractivity contribution in [3.8, 4) is 23.1 Å². The van der Waals surface area contributed by atoms with Crippen molar-refractivity contribution in [2.24, 2.45) is 5.92 Å². The third-order valence-electron chi connectivity index (χ3n) is 4.64. The minimum atomic E-state index is -3.55. The van der Waals surface area contributed by atoms with Crippen LogP contribution >= 0.6 is 0 Å². The second-order valence-corrected chi connectivity index (χ2v) is 8.45. The summed E-state index contributed by atoms with van der Waals surface area (Å²) in [5.74, 6) is 1.10. The molecule has 1 aliphatic rings. The summed E-state index contributed by atoms with van der Waals surface area (Å²) in [5, 5.41) is 17.4. The summed E-state index contributed by atoms with van der Waals surface area (Å²) in [6.07, 6.45) is 2.32. The Morgan fingerprint density at radius 2 is 2.15 bits per heavy atom. The molecule has 1 aliphatic carbocycles. The van der Waals surface area contributed by atoms with Crippen LogP contribution in [0.1, 0.15) is 18.4 Å². The summed E-state index contributed by atoms with van der Waals surface area (Å²) < 4.78 is 32.3. The molecule has 0 unspecified atom stereocenters. The van der Waals surface area contributed by atoms with Gasteiger partial charge < -0.3 is 4.74 Å². The van der Waals surface area contributed by atoms with Crippen LogP contribution in [0.5, 0.6) is 5.75 Å². The van der Waals surface area contributed by atoms with Crippen LogP contribution in [0.15, 0.2) is 41.3 Å². The van der Waals surface area contributed by atoms with Crippen molar-refractivity contribution in [3.63, 3.8) is 0 Å². The van der Waals surface area contributed by atoms with E-state index in [4.69, 9.17) is 4.74 Å². The Bertz CT molecular complexity index is 1160. The molecule has 2 N–H and O–H groups in total. The first kappa shape index (κ1) is 17.5. The standard InChI is InChI=1S/C19H18N4O3S/c1-21-27(24,25)15-4-2-3-13(7-15)19-16-9-18(26-11-12-5-6-12)14(10-20)8-17(16)22-23-19/h2-4,7-9,12,21H,5-6,11H2,1H3,(H,22,23). The summed E-state index contributed by atoms with van der Waals surface area (Å²) in [4.78, 5) is 0.164. The highest BCUT2D eigenvalue weighted by Gasteiger charge is 2.23. The fourth-order valence-electron chi connectivity index (χ4n) is 2.89. The van der Waals surface area contributed by atoms with Crippen LogP contribution in [-0.2, 0) is 10.0 Å². The van der Waals surface area contributed by atoms with Crippen molar-refractivity contribution in [3.05, 3.63) is 42.0 Å². The van der Waals surface area contributed by atoms with Gasteiger partial charge in [-0.2, -0.15) is 10.4 Å². The Balaban J connectivity index is 1.79. The zero-order valence-electron chi connectivity index (χ0n) is 14.7. The molecule has 0 spiro atoms. The summed E-state index contributed by atoms with van der Waals surface area (Å²) in [7, 11) is -2.18. The molecular formula is C19H18N4O3S. The van der Waals surface area contributed by atoms with E-state index in [0.717, 1.165) is 18.2 Å². The summed E-state index contributed by atoms with van der Waals surface area (Å²) >= 11 is 0. The lowest BCUT2D eigenvalue weighted by Crippen LogP contribution is -2.18. The Hall–Kier alpha value is -2.89. The summed E-state index contributed by atoms with van der Waals surface area (Å²) in [6.45, 7) is 0.600. The van der Waals surface area contributed by atoms with E-state index < -0.39 is 10.0 Å². The topological polar surface area (TPSA) is 108 Å². The molecule has 138 valence electrons. The molecule has 4 rings (SSSR count). The van der Waals surface area contributed by atoms with Gasteiger partial charge in [-0.1, -0.05) is 12.1 Å². The number of H-pyrrole nitrogens is 1. The monoisotopic (exact) mass is 382 g/mol. The van der Waals surface area contributed by atoms with Crippen LogP contribution in [0.25, 0.3) is 22.2 Å². The highest BCUT2D eigenvalue weighted by atomic mass is 32.2. The summed E-state index contributed by atoms with van der Waals surface area (Å²) in [5.41, 5.74) is 2.42. The number of nitrogens with one attached hydrogen (secondary N) is 2. The van der Waals surface area contributed by atoms with Gasteiger partial charge in [0.05, 0.1) is 22.6 Å². The Kier molecular flexibility index (Phi) is 4.34. The minimum Gasteiger partial charge on any atom is -0.492 e. The molecule has 0 aliphatic heterocycles. The van der Waals surface area contributed by atoms with E-state index in [1.165, 1.54) is 13.1 Å². The first-order chi connectivity index (χ1) is 13.0. The van der Waals surface area contributed by atoms with E-state index in [2.05, 4.69) is 21.0 Å². The quantitative estimate of drug-likeness (QED) is 0.681. The first-order valence-electron chi connectivity index (χ1n) is 8.61. The van der Waals surface area contributed by atoms with Crippen molar-refractivity contribution in [2.45, 2.75) is 17.7 Å². The van der Waals surface area contributed by atoms with Crippen LogP contribution < -0.4 is 9.46 Å². The number of ether oxygens (including phenoxy) is 1. The molecule has 8 heteroatoms. The van der Waals surface area contributed by atoms with Crippen molar-refractivity contribution in [1.29, 1.82) is 5.26 Å². The number of benzene rings is 2. The van der Waals surface area contributed by atoms with Crippen molar-refractivity contribution in [2.75, 3.05) is 13.7 Å². The van der Waals surface area contributed by atoms with Gasteiger partial charge in [0.25, 0.3) is 0 Å². The number of nitriles is 1. The van der Waals surface area contributed by atoms with Gasteiger partial charge in [-0.3, -0.25) is 5.10 Å². The van der Waals surface area contributed by atoms with Gasteiger partial charge >= 0.3 is 0 Å². The fraction of sp³-hybridized carbons (Fsp3) is 0.263. The molecule has 3 aromatic rings. The predicted molar refractivity (Wildman–Crippen MR) is 101 cm³/mol. The van der Waals surface area contributed by atoms with E-state index in [1.54, 1.807) is 30.3 Å². The number of sulfonamides is 1. The molecule has 0 bridgehead atoms. The lowest BCUT2D eigenvalue weighted by Gasteiger charge is -2.08. The average Bonchev–Trinajstić information content (AvgIpc) is 3.43. The SMILES string of the molecule is CNS(=O)(=O)c1cccc(-c2n[nH]c3cc(C#N)c(OCC4CC4)cc23)c1. The van der Waals surface area contributed by atoms with Gasteiger partial charge in [0, 0.05) is 10.9 Å². The van der Waals surface area contributed by atoms with Crippen molar-refractivity contribution >= 4 is 20.9 Å². The van der Waals surface area contributed by atoms with Gasteiger partial charge in [0.2, 0.25) is 10.0 Å². The first-order valence-corrected chi connectivity index (χ1v) is 10.1. The predicted octanol–water partition coefficient (Wildman–Crippen LogP) is 2.80. The van der Waals surface area contributed by atoms with Crippen molar-refractivity contribution in [1.82, 2.24) is 14.9 Å². The molecule has 27 heavy (non-hydrogen) atoms. The Morgan fingerprint density at radius 3 is 2.85 bits per heavy atom. The van der Waals surface area contributed by atoms with Gasteiger partial charge in [-0.05, 0) is 50.1 Å². The Labute approximate surface area is 157 Å². The maximum atomic E-state index is 12.1. The van der Waals surface area contributed by atoms with Crippen molar-refractivity contribution < 1.29 is 13.2 Å². The van der Waals surface area contributed by atoms with E-state index in [-0.39, 0.29) is 4.90 Å². The number of hydrogen-bond donors (Lipinski definition) is 2. The highest BCUT2D eigenvalue weighted by Crippen LogP contribution is 2.34. The fourth-order valence-corrected chi connectivity index (χ4v) is 3.67. The maximum absolute atomic E-state index is 12.1. The normalized spacial score (nSPS) is 14.2. The molecule has 0 amide bonds.